The molecular weight excluding hydrogens is 354 g/mol. The molecular formula is C18H22BrN3O. The first-order valence-electron chi connectivity index (χ1n) is 7.86. The van der Waals surface area contributed by atoms with Crippen LogP contribution in [-0.2, 0) is 0 Å². The van der Waals surface area contributed by atoms with E-state index in [0.29, 0.717) is 5.56 Å². The summed E-state index contributed by atoms with van der Waals surface area (Å²) in [4.78, 5) is 16.5. The number of pyridine rings is 1. The Labute approximate surface area is 145 Å². The maximum atomic E-state index is 12.4. The fourth-order valence-electron chi connectivity index (χ4n) is 2.23. The molecule has 4 nitrogen and oxygen atoms in total. The summed E-state index contributed by atoms with van der Waals surface area (Å²) in [6, 6.07) is 7.60. The van der Waals surface area contributed by atoms with Gasteiger partial charge in [-0.3, -0.25) is 9.78 Å². The quantitative estimate of drug-likeness (QED) is 0.668. The van der Waals surface area contributed by atoms with E-state index in [1.165, 1.54) is 12.8 Å². The number of nitrogens with zero attached hydrogens (tertiary/aromatic N) is 1. The van der Waals surface area contributed by atoms with Crippen molar-refractivity contribution in [3.05, 3.63) is 52.3 Å². The third kappa shape index (κ3) is 5.36. The first kappa shape index (κ1) is 17.5. The lowest BCUT2D eigenvalue weighted by Crippen LogP contribution is -2.13. The lowest BCUT2D eigenvalue weighted by Gasteiger charge is -2.10. The third-order valence-electron chi connectivity index (χ3n) is 3.55. The minimum atomic E-state index is -0.153. The van der Waals surface area contributed by atoms with Crippen LogP contribution in [0.2, 0.25) is 0 Å². The van der Waals surface area contributed by atoms with Gasteiger partial charge in [0.05, 0.1) is 11.3 Å². The van der Waals surface area contributed by atoms with Gasteiger partial charge < -0.3 is 10.6 Å². The van der Waals surface area contributed by atoms with Crippen LogP contribution in [-0.4, -0.2) is 17.4 Å². The number of benzene rings is 1. The summed E-state index contributed by atoms with van der Waals surface area (Å²) >= 11 is 3.42. The summed E-state index contributed by atoms with van der Waals surface area (Å²) in [5.41, 5.74) is 3.24. The number of hydrogen-bond donors (Lipinski definition) is 2. The summed E-state index contributed by atoms with van der Waals surface area (Å²) in [6.45, 7) is 5.04. The molecule has 0 unspecified atom stereocenters. The van der Waals surface area contributed by atoms with Gasteiger partial charge in [-0.1, -0.05) is 35.7 Å². The zero-order valence-corrected chi connectivity index (χ0v) is 15.1. The monoisotopic (exact) mass is 375 g/mol. The second-order valence-corrected chi connectivity index (χ2v) is 6.43. The molecule has 2 rings (SSSR count). The standard InChI is InChI=1S/C18H22BrN3O/c1-3-4-5-8-21-16-10-14(11-20-12-16)18(23)22-17-7-6-15(19)9-13(17)2/h6-7,9-12,21H,3-5,8H2,1-2H3,(H,22,23). The lowest BCUT2D eigenvalue weighted by atomic mass is 10.2. The topological polar surface area (TPSA) is 54.0 Å². The van der Waals surface area contributed by atoms with Crippen LogP contribution in [0.25, 0.3) is 0 Å². The Balaban J connectivity index is 2.01. The summed E-state index contributed by atoms with van der Waals surface area (Å²) in [7, 11) is 0. The van der Waals surface area contributed by atoms with E-state index in [2.05, 4.69) is 38.5 Å². The normalized spacial score (nSPS) is 10.4. The van der Waals surface area contributed by atoms with Crippen LogP contribution in [0.5, 0.6) is 0 Å². The summed E-state index contributed by atoms with van der Waals surface area (Å²) in [5, 5.41) is 6.24. The number of amides is 1. The summed E-state index contributed by atoms with van der Waals surface area (Å²) in [5.74, 6) is -0.153. The molecule has 0 aliphatic rings. The van der Waals surface area contributed by atoms with E-state index >= 15 is 0 Å². The van der Waals surface area contributed by atoms with Crippen LogP contribution in [0.4, 0.5) is 11.4 Å². The molecule has 0 saturated carbocycles. The van der Waals surface area contributed by atoms with E-state index in [0.717, 1.165) is 34.4 Å². The van der Waals surface area contributed by atoms with E-state index in [4.69, 9.17) is 0 Å². The van der Waals surface area contributed by atoms with Gasteiger partial charge in [0.1, 0.15) is 0 Å². The van der Waals surface area contributed by atoms with Gasteiger partial charge in [-0.05, 0) is 43.2 Å². The predicted molar refractivity (Wildman–Crippen MR) is 99.1 cm³/mol. The van der Waals surface area contributed by atoms with Crippen LogP contribution in [0.3, 0.4) is 0 Å². The fraction of sp³-hybridized carbons (Fsp3) is 0.333. The van der Waals surface area contributed by atoms with Crippen LogP contribution >= 0.6 is 15.9 Å². The highest BCUT2D eigenvalue weighted by atomic mass is 79.9. The number of halogens is 1. The van der Waals surface area contributed by atoms with E-state index in [9.17, 15) is 4.79 Å². The SMILES string of the molecule is CCCCCNc1cncc(C(=O)Nc2ccc(Br)cc2C)c1. The Bertz CT molecular complexity index is 673. The smallest absolute Gasteiger partial charge is 0.257 e. The van der Waals surface area contributed by atoms with Crippen molar-refractivity contribution in [2.75, 3.05) is 17.2 Å². The molecule has 0 spiro atoms. The van der Waals surface area contributed by atoms with Crippen molar-refractivity contribution in [2.45, 2.75) is 33.1 Å². The number of aromatic nitrogens is 1. The van der Waals surface area contributed by atoms with Crippen molar-refractivity contribution in [3.63, 3.8) is 0 Å². The van der Waals surface area contributed by atoms with Crippen molar-refractivity contribution < 1.29 is 4.79 Å². The van der Waals surface area contributed by atoms with Gasteiger partial charge in [0.15, 0.2) is 0 Å². The Morgan fingerprint density at radius 3 is 2.78 bits per heavy atom. The van der Waals surface area contributed by atoms with Crippen molar-refractivity contribution >= 4 is 33.2 Å². The molecule has 1 aromatic heterocycles. The van der Waals surface area contributed by atoms with Gasteiger partial charge in [-0.25, -0.2) is 0 Å². The number of anilines is 2. The fourth-order valence-corrected chi connectivity index (χ4v) is 2.71. The second kappa shape index (κ2) is 8.67. The van der Waals surface area contributed by atoms with Crippen molar-refractivity contribution in [1.29, 1.82) is 0 Å². The Morgan fingerprint density at radius 1 is 1.22 bits per heavy atom. The Morgan fingerprint density at radius 2 is 2.04 bits per heavy atom. The third-order valence-corrected chi connectivity index (χ3v) is 4.04. The van der Waals surface area contributed by atoms with Gasteiger partial charge >= 0.3 is 0 Å². The average molecular weight is 376 g/mol. The summed E-state index contributed by atoms with van der Waals surface area (Å²) < 4.78 is 0.993. The Hall–Kier alpha value is -1.88. The molecule has 2 aromatic rings. The largest absolute Gasteiger partial charge is 0.384 e. The molecule has 0 aliphatic heterocycles. The van der Waals surface area contributed by atoms with Crippen LogP contribution in [0.1, 0.15) is 42.1 Å². The second-order valence-electron chi connectivity index (χ2n) is 5.51. The van der Waals surface area contributed by atoms with Crippen LogP contribution in [0, 0.1) is 6.92 Å². The molecule has 1 amide bonds. The van der Waals surface area contributed by atoms with Gasteiger partial charge in [-0.2, -0.15) is 0 Å². The molecule has 122 valence electrons. The predicted octanol–water partition coefficient (Wildman–Crippen LogP) is 5.01. The number of carbonyl (C=O) groups excluding carboxylic acids is 1. The van der Waals surface area contributed by atoms with E-state index in [-0.39, 0.29) is 5.91 Å². The van der Waals surface area contributed by atoms with Gasteiger partial charge in [0.25, 0.3) is 5.91 Å². The van der Waals surface area contributed by atoms with Crippen LogP contribution < -0.4 is 10.6 Å². The maximum Gasteiger partial charge on any atom is 0.257 e. The van der Waals surface area contributed by atoms with Crippen molar-refractivity contribution in [3.8, 4) is 0 Å². The first-order chi connectivity index (χ1) is 11.1. The number of hydrogen-bond acceptors (Lipinski definition) is 3. The van der Waals surface area contributed by atoms with Crippen molar-refractivity contribution in [1.82, 2.24) is 4.98 Å². The first-order valence-corrected chi connectivity index (χ1v) is 8.66. The highest BCUT2D eigenvalue weighted by Gasteiger charge is 2.09. The zero-order valence-electron chi connectivity index (χ0n) is 13.5. The number of nitrogens with one attached hydrogen (secondary N) is 2. The zero-order chi connectivity index (χ0) is 16.7. The van der Waals surface area contributed by atoms with Crippen molar-refractivity contribution in [2.24, 2.45) is 0 Å². The van der Waals surface area contributed by atoms with E-state index in [1.807, 2.05) is 31.2 Å². The van der Waals surface area contributed by atoms with Gasteiger partial charge in [0.2, 0.25) is 0 Å². The molecule has 0 fully saturated rings. The number of carbonyl (C=O) groups is 1. The number of aryl methyl sites for hydroxylation is 1. The number of rotatable bonds is 7. The lowest BCUT2D eigenvalue weighted by molar-refractivity contribution is 0.102. The molecule has 0 aliphatic carbocycles. The molecule has 1 aromatic carbocycles. The average Bonchev–Trinajstić information content (AvgIpc) is 2.54. The molecule has 0 radical (unpaired) electrons. The van der Waals surface area contributed by atoms with E-state index < -0.39 is 0 Å². The van der Waals surface area contributed by atoms with E-state index in [1.54, 1.807) is 12.4 Å². The maximum absolute atomic E-state index is 12.4. The van der Waals surface area contributed by atoms with Crippen LogP contribution in [0.15, 0.2) is 41.1 Å². The Kier molecular flexibility index (Phi) is 6.59. The molecule has 0 saturated heterocycles. The minimum Gasteiger partial charge on any atom is -0.384 e. The summed E-state index contributed by atoms with van der Waals surface area (Å²) in [6.07, 6.45) is 6.83. The molecule has 1 heterocycles. The molecule has 0 atom stereocenters. The van der Waals surface area contributed by atoms with Gasteiger partial charge in [-0.15, -0.1) is 0 Å². The van der Waals surface area contributed by atoms with Gasteiger partial charge in [0, 0.05) is 29.1 Å². The molecule has 2 N–H and O–H groups in total. The molecule has 23 heavy (non-hydrogen) atoms. The highest BCUT2D eigenvalue weighted by molar-refractivity contribution is 9.10. The minimum absolute atomic E-state index is 0.153. The molecule has 0 bridgehead atoms. The molecule has 5 heteroatoms. The number of unbranched alkanes of at least 4 members (excludes halogenated alkanes) is 2. The highest BCUT2D eigenvalue weighted by Crippen LogP contribution is 2.21.